The first-order chi connectivity index (χ1) is 43.3. The normalized spacial score (nSPS) is 17.7. The number of nitrogens with one attached hydrogen (secondary N) is 1. The van der Waals surface area contributed by atoms with Crippen molar-refractivity contribution < 1.29 is 24.2 Å². The van der Waals surface area contributed by atoms with Crippen LogP contribution in [0.3, 0.4) is 0 Å². The van der Waals surface area contributed by atoms with Crippen molar-refractivity contribution in [3.05, 3.63) is 166 Å². The number of imide groups is 1. The number of halogens is 4. The molecular formula is C69H78Br3IN12O5. The van der Waals surface area contributed by atoms with Crippen molar-refractivity contribution in [3.63, 3.8) is 0 Å². The third kappa shape index (κ3) is 17.3. The van der Waals surface area contributed by atoms with Gasteiger partial charge in [0.15, 0.2) is 0 Å². The van der Waals surface area contributed by atoms with Crippen molar-refractivity contribution in [1.82, 2.24) is 44.9 Å². The number of carbonyl (C=O) groups excluding carboxylic acids is 3. The fourth-order valence-corrected chi connectivity index (χ4v) is 12.8. The summed E-state index contributed by atoms with van der Waals surface area (Å²) in [6.45, 7) is 29.0. The summed E-state index contributed by atoms with van der Waals surface area (Å²) in [5.74, 6) is 8.62. The summed E-state index contributed by atoms with van der Waals surface area (Å²) >= 11 is 12.5. The van der Waals surface area contributed by atoms with Crippen molar-refractivity contribution in [2.24, 2.45) is 5.41 Å². The molecule has 0 saturated carbocycles. The highest BCUT2D eigenvalue weighted by Crippen LogP contribution is 2.35. The monoisotopic (exact) mass is 1520 g/mol. The van der Waals surface area contributed by atoms with Gasteiger partial charge in [0.05, 0.1) is 19.2 Å². The molecule has 1 atom stereocenters. The van der Waals surface area contributed by atoms with Gasteiger partial charge in [0.2, 0.25) is 11.8 Å². The SMILES string of the molecule is CCN1CCN(c2ccc(C)c(-c3ccc(Br)cc3)n2)CC1.CCN1CCN(c2ccc(C)c(Br)n2)CC1.CCN1CCN(c2ccc(O)c(-c3ccc(C#C[C@]4(CN5Cc6ccc(OC)cc6C5=O)CC(=O)NC4=O)cc3)n2)CC1.Cc1ccc(I)nc1Br. The lowest BCUT2D eigenvalue weighted by Crippen LogP contribution is -2.46. The van der Waals surface area contributed by atoms with Gasteiger partial charge in [0.1, 0.15) is 53.0 Å². The molecular weight excluding hydrogens is 1440 g/mol. The van der Waals surface area contributed by atoms with Gasteiger partial charge >= 0.3 is 0 Å². The molecule has 5 aliphatic heterocycles. The molecule has 472 valence electrons. The summed E-state index contributed by atoms with van der Waals surface area (Å²) in [6.07, 6.45) is -0.128. The number of likely N-dealkylation sites (N-methyl/N-ethyl adjacent to an activating group) is 3. The molecule has 9 heterocycles. The van der Waals surface area contributed by atoms with Gasteiger partial charge in [0, 0.05) is 118 Å². The van der Waals surface area contributed by atoms with Crippen molar-refractivity contribution in [2.75, 3.05) is 127 Å². The number of nitrogens with zero attached hydrogens (tertiary/aromatic N) is 11. The van der Waals surface area contributed by atoms with Gasteiger partial charge < -0.3 is 44.1 Å². The zero-order valence-electron chi connectivity index (χ0n) is 52.2. The van der Waals surface area contributed by atoms with E-state index in [2.05, 4.69) is 210 Å². The molecule has 12 rings (SSSR count). The number of anilines is 3. The minimum absolute atomic E-state index is 0.0113. The summed E-state index contributed by atoms with van der Waals surface area (Å²) in [4.78, 5) is 72.8. The quantitative estimate of drug-likeness (QED) is 0.0543. The van der Waals surface area contributed by atoms with Crippen LogP contribution >= 0.6 is 70.4 Å². The van der Waals surface area contributed by atoms with Crippen molar-refractivity contribution in [1.29, 1.82) is 0 Å². The zero-order chi connectivity index (χ0) is 64.1. The molecule has 5 aliphatic rings. The number of carbonyl (C=O) groups is 3. The Morgan fingerprint density at radius 2 is 1.08 bits per heavy atom. The number of aromatic hydroxyl groups is 1. The standard InChI is InChI=1S/C33H33N5O5.C18H22BrN3.C12H18BrN3.C6H5BrIN/c1-3-36-14-16-37(17-15-36)28-11-10-27(39)30(34-28)23-6-4-22(5-7-23)12-13-33(19-29(40)35-32(33)42)21-38-20-24-8-9-25(43-2)18-26(24)31(38)41;1-3-21-10-12-22(13-11-21)17-9-4-14(2)18(20-17)15-5-7-16(19)8-6-15;1-3-15-6-8-16(9-7-15)11-5-4-10(2)12(13)14-11;1-4-2-3-5(8)9-6(4)7/h4-11,18,39H,3,14-17,19-21H2,1-2H3,(H,35,40,42);4-9H,3,10-13H2,1-2H3;4-5H,3,6-9H2,1-2H3;2-3H,1H3/t33-;;;/m1.../s1. The van der Waals surface area contributed by atoms with E-state index in [1.807, 2.05) is 43.3 Å². The molecule has 90 heavy (non-hydrogen) atoms. The predicted molar refractivity (Wildman–Crippen MR) is 377 cm³/mol. The van der Waals surface area contributed by atoms with Crippen LogP contribution in [0.15, 0.2) is 129 Å². The lowest BCUT2D eigenvalue weighted by molar-refractivity contribution is -0.127. The first-order valence-corrected chi connectivity index (χ1v) is 34.0. The van der Waals surface area contributed by atoms with Crippen LogP contribution in [0.4, 0.5) is 17.5 Å². The maximum atomic E-state index is 13.2. The third-order valence-electron chi connectivity index (χ3n) is 16.9. The number of aryl methyl sites for hydroxylation is 3. The van der Waals surface area contributed by atoms with Gasteiger partial charge in [-0.1, -0.05) is 97.1 Å². The Labute approximate surface area is 568 Å². The smallest absolute Gasteiger partial charge is 0.254 e. The van der Waals surface area contributed by atoms with Crippen LogP contribution in [0.5, 0.6) is 11.5 Å². The fraction of sp³-hybridized carbons (Fsp3) is 0.377. The van der Waals surface area contributed by atoms with Crippen LogP contribution in [-0.2, 0) is 16.1 Å². The highest BCUT2D eigenvalue weighted by molar-refractivity contribution is 14.1. The molecule has 0 radical (unpaired) electrons. The largest absolute Gasteiger partial charge is 0.506 e. The number of hydrogen-bond donors (Lipinski definition) is 2. The number of rotatable bonds is 11. The molecule has 3 aromatic carbocycles. The molecule has 0 unspecified atom stereocenters. The highest BCUT2D eigenvalue weighted by Gasteiger charge is 2.48. The molecule has 2 N–H and O–H groups in total. The summed E-state index contributed by atoms with van der Waals surface area (Å²) in [7, 11) is 1.54. The molecule has 21 heteroatoms. The average Bonchev–Trinajstić information content (AvgIpc) is 1.62. The first kappa shape index (κ1) is 67.9. The van der Waals surface area contributed by atoms with Gasteiger partial charge in [-0.3, -0.25) is 19.7 Å². The third-order valence-corrected chi connectivity index (χ3v) is 19.7. The number of pyridine rings is 4. The summed E-state index contributed by atoms with van der Waals surface area (Å²) in [5.41, 5.74) is 7.68. The van der Waals surface area contributed by atoms with Crippen LogP contribution in [-0.4, -0.2) is 174 Å². The Balaban J connectivity index is 0.000000168. The van der Waals surface area contributed by atoms with Gasteiger partial charge in [-0.25, -0.2) is 19.9 Å². The summed E-state index contributed by atoms with van der Waals surface area (Å²) in [6, 6.07) is 37.1. The number of benzene rings is 3. The molecule has 17 nitrogen and oxygen atoms in total. The zero-order valence-corrected chi connectivity index (χ0v) is 59.1. The summed E-state index contributed by atoms with van der Waals surface area (Å²) < 4.78 is 9.27. The maximum Gasteiger partial charge on any atom is 0.254 e. The number of fused-ring (bicyclic) bond motifs is 1. The average molecular weight is 1520 g/mol. The Morgan fingerprint density at radius 3 is 1.58 bits per heavy atom. The van der Waals surface area contributed by atoms with E-state index in [-0.39, 0.29) is 24.6 Å². The molecule has 4 saturated heterocycles. The van der Waals surface area contributed by atoms with E-state index in [4.69, 9.17) is 14.7 Å². The van der Waals surface area contributed by atoms with E-state index in [1.54, 1.807) is 35.2 Å². The Bertz CT molecular complexity index is 3720. The molecule has 7 aromatic rings. The maximum absolute atomic E-state index is 13.2. The summed E-state index contributed by atoms with van der Waals surface area (Å²) in [5, 5.41) is 13.0. The topological polar surface area (TPSA) is 167 Å². The lowest BCUT2D eigenvalue weighted by Gasteiger charge is -2.35. The van der Waals surface area contributed by atoms with Gasteiger partial charge in [0.25, 0.3) is 5.91 Å². The first-order valence-electron chi connectivity index (χ1n) is 30.6. The van der Waals surface area contributed by atoms with Crippen molar-refractivity contribution in [2.45, 2.75) is 54.5 Å². The molecule has 3 amide bonds. The molecule has 0 spiro atoms. The van der Waals surface area contributed by atoms with Crippen LogP contribution < -0.4 is 24.8 Å². The molecule has 4 fully saturated rings. The van der Waals surface area contributed by atoms with E-state index in [9.17, 15) is 19.5 Å². The van der Waals surface area contributed by atoms with Gasteiger partial charge in [-0.15, -0.1) is 0 Å². The molecule has 4 aromatic heterocycles. The highest BCUT2D eigenvalue weighted by atomic mass is 127. The van der Waals surface area contributed by atoms with Crippen LogP contribution in [0, 0.1) is 41.7 Å². The lowest BCUT2D eigenvalue weighted by atomic mass is 9.85. The number of methoxy groups -OCH3 is 1. The fourth-order valence-electron chi connectivity index (χ4n) is 11.2. The van der Waals surface area contributed by atoms with Crippen molar-refractivity contribution >= 4 is 106 Å². The van der Waals surface area contributed by atoms with Crippen molar-refractivity contribution in [3.8, 4) is 45.9 Å². The second-order valence-corrected chi connectivity index (χ2v) is 26.3. The van der Waals surface area contributed by atoms with Gasteiger partial charge in [-0.2, -0.15) is 0 Å². The van der Waals surface area contributed by atoms with E-state index < -0.39 is 17.2 Å². The minimum Gasteiger partial charge on any atom is -0.506 e. The second kappa shape index (κ2) is 31.7. The molecule has 0 aliphatic carbocycles. The van der Waals surface area contributed by atoms with E-state index in [0.29, 0.717) is 29.1 Å². The number of amides is 3. The number of ether oxygens (including phenoxy) is 1. The Kier molecular flexibility index (Phi) is 23.9. The van der Waals surface area contributed by atoms with Crippen LogP contribution in [0.25, 0.3) is 22.5 Å². The minimum atomic E-state index is -1.37. The number of aromatic nitrogens is 4. The van der Waals surface area contributed by atoms with E-state index in [1.165, 1.54) is 29.4 Å². The number of piperazine rings is 3. The number of hydrogen-bond acceptors (Lipinski definition) is 15. The second-order valence-electron chi connectivity index (χ2n) is 22.8. The Hall–Kier alpha value is -6.52. The van der Waals surface area contributed by atoms with E-state index >= 15 is 0 Å². The van der Waals surface area contributed by atoms with Crippen LogP contribution in [0.2, 0.25) is 0 Å². The Morgan fingerprint density at radius 1 is 0.589 bits per heavy atom. The van der Waals surface area contributed by atoms with Crippen LogP contribution in [0.1, 0.15) is 65.4 Å². The predicted octanol–water partition coefficient (Wildman–Crippen LogP) is 11.7. The molecule has 0 bridgehead atoms. The van der Waals surface area contributed by atoms with E-state index in [0.717, 1.165) is 150 Å². The van der Waals surface area contributed by atoms with Gasteiger partial charge in [-0.05, 0) is 184 Å².